The van der Waals surface area contributed by atoms with Crippen LogP contribution in [-0.2, 0) is 6.42 Å². The van der Waals surface area contributed by atoms with E-state index in [4.69, 9.17) is 9.78 Å². The van der Waals surface area contributed by atoms with Gasteiger partial charge in [0.2, 0.25) is 0 Å². The molecular formula is C8H8N2O. The van der Waals surface area contributed by atoms with E-state index in [1.807, 2.05) is 0 Å². The first kappa shape index (κ1) is 6.41. The van der Waals surface area contributed by atoms with Gasteiger partial charge in [-0.2, -0.15) is 5.26 Å². The van der Waals surface area contributed by atoms with Crippen LogP contribution in [-0.4, -0.2) is 5.16 Å². The van der Waals surface area contributed by atoms with Gasteiger partial charge in [0.25, 0.3) is 0 Å². The van der Waals surface area contributed by atoms with Gasteiger partial charge in [0, 0.05) is 11.5 Å². The lowest BCUT2D eigenvalue weighted by Crippen LogP contribution is -1.86. The third-order valence-corrected chi connectivity index (χ3v) is 1.91. The summed E-state index contributed by atoms with van der Waals surface area (Å²) in [4.78, 5) is 0. The minimum Gasteiger partial charge on any atom is -0.364 e. The molecule has 0 atom stereocenters. The molecule has 1 aliphatic rings. The quantitative estimate of drug-likeness (QED) is 0.640. The van der Waals surface area contributed by atoms with Gasteiger partial charge < -0.3 is 4.52 Å². The summed E-state index contributed by atoms with van der Waals surface area (Å²) in [6, 6.07) is 2.09. The molecule has 0 amide bonds. The summed E-state index contributed by atoms with van der Waals surface area (Å²) in [6.45, 7) is 0. The molecule has 3 nitrogen and oxygen atoms in total. The first-order chi connectivity index (χ1) is 5.42. The van der Waals surface area contributed by atoms with Gasteiger partial charge in [-0.3, -0.25) is 0 Å². The molecule has 1 heterocycles. The Morgan fingerprint density at radius 3 is 3.18 bits per heavy atom. The zero-order chi connectivity index (χ0) is 7.68. The van der Waals surface area contributed by atoms with Crippen molar-refractivity contribution in [3.63, 3.8) is 0 Å². The van der Waals surface area contributed by atoms with Gasteiger partial charge in [0.1, 0.15) is 6.26 Å². The molecule has 0 N–H and O–H groups in total. The van der Waals surface area contributed by atoms with Crippen molar-refractivity contribution in [1.29, 1.82) is 5.26 Å². The van der Waals surface area contributed by atoms with Crippen molar-refractivity contribution in [1.82, 2.24) is 5.16 Å². The lowest BCUT2D eigenvalue weighted by atomic mass is 10.1. The maximum atomic E-state index is 8.45. The molecular weight excluding hydrogens is 140 g/mol. The normalized spacial score (nSPS) is 16.3. The van der Waals surface area contributed by atoms with Crippen molar-refractivity contribution in [3.8, 4) is 6.07 Å². The van der Waals surface area contributed by atoms with Gasteiger partial charge in [-0.15, -0.1) is 0 Å². The van der Waals surface area contributed by atoms with Crippen molar-refractivity contribution in [3.05, 3.63) is 17.5 Å². The van der Waals surface area contributed by atoms with Gasteiger partial charge in [-0.05, 0) is 12.8 Å². The highest BCUT2D eigenvalue weighted by Crippen LogP contribution is 2.40. The molecule has 1 fully saturated rings. The molecule has 1 aliphatic carbocycles. The Balaban J connectivity index is 2.24. The van der Waals surface area contributed by atoms with E-state index in [9.17, 15) is 0 Å². The third-order valence-electron chi connectivity index (χ3n) is 1.91. The Hall–Kier alpha value is -1.30. The Labute approximate surface area is 64.6 Å². The monoisotopic (exact) mass is 148 g/mol. The van der Waals surface area contributed by atoms with Crippen molar-refractivity contribution < 1.29 is 4.52 Å². The third kappa shape index (κ3) is 1.12. The SMILES string of the molecule is N#CCc1conc1C1CC1. The molecule has 0 aliphatic heterocycles. The second-order valence-electron chi connectivity index (χ2n) is 2.83. The minimum absolute atomic E-state index is 0.426. The van der Waals surface area contributed by atoms with E-state index in [1.165, 1.54) is 12.8 Å². The Bertz CT molecular complexity index is 293. The van der Waals surface area contributed by atoms with E-state index in [0.717, 1.165) is 11.3 Å². The predicted molar refractivity (Wildman–Crippen MR) is 37.8 cm³/mol. The summed E-state index contributed by atoms with van der Waals surface area (Å²) in [5, 5.41) is 12.3. The van der Waals surface area contributed by atoms with Crippen LogP contribution in [0.25, 0.3) is 0 Å². The van der Waals surface area contributed by atoms with E-state index in [1.54, 1.807) is 6.26 Å². The van der Waals surface area contributed by atoms with Crippen LogP contribution in [0.3, 0.4) is 0 Å². The fourth-order valence-corrected chi connectivity index (χ4v) is 1.18. The average molecular weight is 148 g/mol. The summed E-state index contributed by atoms with van der Waals surface area (Å²) < 4.78 is 4.80. The van der Waals surface area contributed by atoms with E-state index >= 15 is 0 Å². The average Bonchev–Trinajstić information content (AvgIpc) is 2.75. The van der Waals surface area contributed by atoms with Crippen LogP contribution >= 0.6 is 0 Å². The molecule has 0 saturated heterocycles. The summed E-state index contributed by atoms with van der Waals surface area (Å²) >= 11 is 0. The van der Waals surface area contributed by atoms with Crippen LogP contribution in [0.1, 0.15) is 30.0 Å². The first-order valence-electron chi connectivity index (χ1n) is 3.72. The van der Waals surface area contributed by atoms with E-state index in [0.29, 0.717) is 12.3 Å². The van der Waals surface area contributed by atoms with Crippen LogP contribution < -0.4 is 0 Å². The molecule has 1 aromatic heterocycles. The van der Waals surface area contributed by atoms with Crippen LogP contribution in [0.15, 0.2) is 10.8 Å². The summed E-state index contributed by atoms with van der Waals surface area (Å²) in [6.07, 6.45) is 4.40. The molecule has 0 radical (unpaired) electrons. The molecule has 0 unspecified atom stereocenters. The Kier molecular flexibility index (Phi) is 1.39. The molecule has 1 saturated carbocycles. The Morgan fingerprint density at radius 1 is 1.73 bits per heavy atom. The molecule has 56 valence electrons. The van der Waals surface area contributed by atoms with Crippen LogP contribution in [0.5, 0.6) is 0 Å². The first-order valence-corrected chi connectivity index (χ1v) is 3.72. The molecule has 0 aromatic carbocycles. The number of rotatable bonds is 2. The van der Waals surface area contributed by atoms with E-state index < -0.39 is 0 Å². The molecule has 0 bridgehead atoms. The summed E-state index contributed by atoms with van der Waals surface area (Å²) in [5.41, 5.74) is 1.97. The number of nitrogens with zero attached hydrogens (tertiary/aromatic N) is 2. The molecule has 11 heavy (non-hydrogen) atoms. The van der Waals surface area contributed by atoms with Crippen LogP contribution in [0, 0.1) is 11.3 Å². The smallest absolute Gasteiger partial charge is 0.128 e. The second kappa shape index (κ2) is 2.39. The highest BCUT2D eigenvalue weighted by molar-refractivity contribution is 5.25. The van der Waals surface area contributed by atoms with Gasteiger partial charge in [0.15, 0.2) is 0 Å². The van der Waals surface area contributed by atoms with Crippen LogP contribution in [0.2, 0.25) is 0 Å². The predicted octanol–water partition coefficient (Wildman–Crippen LogP) is 1.62. The maximum Gasteiger partial charge on any atom is 0.128 e. The molecule has 3 heteroatoms. The van der Waals surface area contributed by atoms with Crippen LogP contribution in [0.4, 0.5) is 0 Å². The Morgan fingerprint density at radius 2 is 2.55 bits per heavy atom. The van der Waals surface area contributed by atoms with Gasteiger partial charge in [-0.25, -0.2) is 0 Å². The maximum absolute atomic E-state index is 8.45. The summed E-state index contributed by atoms with van der Waals surface area (Å²) in [7, 11) is 0. The fraction of sp³-hybridized carbons (Fsp3) is 0.500. The second-order valence-corrected chi connectivity index (χ2v) is 2.83. The summed E-state index contributed by atoms with van der Waals surface area (Å²) in [5.74, 6) is 0.581. The lowest BCUT2D eigenvalue weighted by Gasteiger charge is -1.89. The van der Waals surface area contributed by atoms with Gasteiger partial charge in [-0.1, -0.05) is 5.16 Å². The minimum atomic E-state index is 0.426. The van der Waals surface area contributed by atoms with Crippen molar-refractivity contribution >= 4 is 0 Å². The zero-order valence-electron chi connectivity index (χ0n) is 6.08. The van der Waals surface area contributed by atoms with Crippen molar-refractivity contribution in [2.45, 2.75) is 25.2 Å². The van der Waals surface area contributed by atoms with Gasteiger partial charge in [0.05, 0.1) is 18.2 Å². The van der Waals surface area contributed by atoms with E-state index in [2.05, 4.69) is 11.2 Å². The van der Waals surface area contributed by atoms with Crippen molar-refractivity contribution in [2.24, 2.45) is 0 Å². The van der Waals surface area contributed by atoms with Gasteiger partial charge >= 0.3 is 0 Å². The highest BCUT2D eigenvalue weighted by atomic mass is 16.5. The number of nitriles is 1. The largest absolute Gasteiger partial charge is 0.364 e. The number of hydrogen-bond acceptors (Lipinski definition) is 3. The van der Waals surface area contributed by atoms with Crippen molar-refractivity contribution in [2.75, 3.05) is 0 Å². The molecule has 0 spiro atoms. The van der Waals surface area contributed by atoms with E-state index in [-0.39, 0.29) is 0 Å². The molecule has 2 rings (SSSR count). The lowest BCUT2D eigenvalue weighted by molar-refractivity contribution is 0.411. The zero-order valence-corrected chi connectivity index (χ0v) is 6.08. The number of aromatic nitrogens is 1. The topological polar surface area (TPSA) is 49.8 Å². The standard InChI is InChI=1S/C8H8N2O/c9-4-3-7-5-11-10-8(7)6-1-2-6/h5-6H,1-3H2. The fourth-order valence-electron chi connectivity index (χ4n) is 1.18. The molecule has 1 aromatic rings. The highest BCUT2D eigenvalue weighted by Gasteiger charge is 2.28. The number of hydrogen-bond donors (Lipinski definition) is 0.